The molecule has 0 spiro atoms. The Balaban J connectivity index is 1.77. The summed E-state index contributed by atoms with van der Waals surface area (Å²) in [5, 5.41) is 10.8. The Bertz CT molecular complexity index is 1440. The first-order valence-electron chi connectivity index (χ1n) is 9.40. The minimum atomic E-state index is -1.25. The van der Waals surface area contributed by atoms with Gasteiger partial charge >= 0.3 is 11.7 Å². The minimum absolute atomic E-state index is 0.0850. The Morgan fingerprint density at radius 2 is 1.84 bits per heavy atom. The van der Waals surface area contributed by atoms with Gasteiger partial charge < -0.3 is 19.6 Å². The third kappa shape index (κ3) is 3.88. The molecule has 0 aliphatic rings. The smallest absolute Gasteiger partial charge is 0.346 e. The van der Waals surface area contributed by atoms with E-state index in [9.17, 15) is 19.5 Å². The number of carbonyl (C=O) groups is 1. The van der Waals surface area contributed by atoms with E-state index in [2.05, 4.69) is 4.98 Å². The summed E-state index contributed by atoms with van der Waals surface area (Å²) < 4.78 is 12.0. The van der Waals surface area contributed by atoms with Crippen LogP contribution in [-0.4, -0.2) is 27.7 Å². The number of methoxy groups -OCH3 is 1. The van der Waals surface area contributed by atoms with Crippen LogP contribution in [0.1, 0.15) is 28.3 Å². The maximum absolute atomic E-state index is 13.1. The van der Waals surface area contributed by atoms with E-state index in [-0.39, 0.29) is 32.6 Å². The second-order valence-electron chi connectivity index (χ2n) is 6.88. The fourth-order valence-electron chi connectivity index (χ4n) is 3.30. The van der Waals surface area contributed by atoms with Crippen LogP contribution in [-0.2, 0) is 0 Å². The highest BCUT2D eigenvalue weighted by molar-refractivity contribution is 7.13. The number of rotatable bonds is 6. The van der Waals surface area contributed by atoms with Gasteiger partial charge in [-0.2, -0.15) is 0 Å². The Hall–Kier alpha value is -3.56. The van der Waals surface area contributed by atoms with E-state index in [1.165, 1.54) is 17.5 Å². The van der Waals surface area contributed by atoms with Crippen molar-refractivity contribution in [1.29, 1.82) is 0 Å². The number of ether oxygens (including phenoxy) is 2. The summed E-state index contributed by atoms with van der Waals surface area (Å²) >= 11 is 7.16. The molecule has 10 heteroatoms. The van der Waals surface area contributed by atoms with Crippen LogP contribution in [0.15, 0.2) is 57.4 Å². The number of nitrogens with one attached hydrogen (secondary N) is 1. The summed E-state index contributed by atoms with van der Waals surface area (Å²) in [7, 11) is 1.58. The normalized spacial score (nSPS) is 12.0. The predicted octanol–water partition coefficient (Wildman–Crippen LogP) is 4.24. The summed E-state index contributed by atoms with van der Waals surface area (Å²) in [4.78, 5) is 39.6. The average Bonchev–Trinajstić information content (AvgIpc) is 3.20. The molecular formula is C22H17ClN2O6S. The topological polar surface area (TPSA) is 111 Å². The van der Waals surface area contributed by atoms with Gasteiger partial charge in [0.1, 0.15) is 22.5 Å². The maximum atomic E-state index is 13.1. The lowest BCUT2D eigenvalue weighted by Crippen LogP contribution is -2.34. The van der Waals surface area contributed by atoms with E-state index in [1.807, 2.05) is 31.2 Å². The molecule has 2 N–H and O–H groups in total. The molecule has 0 amide bonds. The van der Waals surface area contributed by atoms with E-state index in [1.54, 1.807) is 13.2 Å². The van der Waals surface area contributed by atoms with Gasteiger partial charge in [-0.05, 0) is 36.8 Å². The van der Waals surface area contributed by atoms with E-state index in [0.717, 1.165) is 27.2 Å². The zero-order valence-electron chi connectivity index (χ0n) is 16.9. The van der Waals surface area contributed by atoms with Gasteiger partial charge in [-0.15, -0.1) is 11.3 Å². The summed E-state index contributed by atoms with van der Waals surface area (Å²) in [5.74, 6) is -0.155. The molecule has 0 bridgehead atoms. The molecule has 0 saturated carbocycles. The van der Waals surface area contributed by atoms with Gasteiger partial charge in [0.25, 0.3) is 5.56 Å². The lowest BCUT2D eigenvalue weighted by atomic mass is 10.1. The lowest BCUT2D eigenvalue weighted by Gasteiger charge is -2.17. The highest BCUT2D eigenvalue weighted by Gasteiger charge is 2.20. The first-order valence-corrected chi connectivity index (χ1v) is 10.7. The second-order valence-corrected chi connectivity index (χ2v) is 8.16. The van der Waals surface area contributed by atoms with Crippen molar-refractivity contribution in [2.45, 2.75) is 13.0 Å². The lowest BCUT2D eigenvalue weighted by molar-refractivity contribution is 0.0704. The molecule has 1 unspecified atom stereocenters. The van der Waals surface area contributed by atoms with E-state index in [0.29, 0.717) is 5.75 Å². The number of nitrogens with zero attached hydrogens (tertiary/aromatic N) is 1. The number of carboxylic acids is 1. The van der Waals surface area contributed by atoms with Gasteiger partial charge in [-0.3, -0.25) is 4.79 Å². The van der Waals surface area contributed by atoms with Crippen molar-refractivity contribution in [1.82, 2.24) is 9.55 Å². The molecule has 0 aliphatic heterocycles. The zero-order valence-corrected chi connectivity index (χ0v) is 18.5. The molecule has 0 aliphatic carbocycles. The number of fused-ring (bicyclic) bond motifs is 1. The van der Waals surface area contributed by atoms with E-state index >= 15 is 0 Å². The summed E-state index contributed by atoms with van der Waals surface area (Å²) in [5.41, 5.74) is -0.371. The number of aromatic carboxylic acids is 1. The fraction of sp³-hybridized carbons (Fsp3) is 0.136. The molecule has 8 nitrogen and oxygen atoms in total. The monoisotopic (exact) mass is 472 g/mol. The third-order valence-electron chi connectivity index (χ3n) is 4.90. The molecule has 2 aromatic carbocycles. The van der Waals surface area contributed by atoms with Gasteiger partial charge in [-0.1, -0.05) is 23.7 Å². The van der Waals surface area contributed by atoms with Gasteiger partial charge in [-0.25, -0.2) is 14.2 Å². The highest BCUT2D eigenvalue weighted by atomic mass is 35.5. The average molecular weight is 473 g/mol. The summed E-state index contributed by atoms with van der Waals surface area (Å²) in [6, 6.07) is 12.0. The van der Waals surface area contributed by atoms with Crippen molar-refractivity contribution in [3.05, 3.63) is 84.1 Å². The van der Waals surface area contributed by atoms with Crippen LogP contribution in [0.3, 0.4) is 0 Å². The number of halogens is 1. The molecule has 1 atom stereocenters. The van der Waals surface area contributed by atoms with Crippen LogP contribution in [0.5, 0.6) is 11.5 Å². The minimum Gasteiger partial charge on any atom is -0.497 e. The van der Waals surface area contributed by atoms with Gasteiger partial charge in [0, 0.05) is 11.4 Å². The highest BCUT2D eigenvalue weighted by Crippen LogP contribution is 2.29. The number of carboxylic acid groups (broad SMARTS) is 1. The third-order valence-corrected chi connectivity index (χ3v) is 6.19. The van der Waals surface area contributed by atoms with Gasteiger partial charge in [0.2, 0.25) is 0 Å². The largest absolute Gasteiger partial charge is 0.497 e. The van der Waals surface area contributed by atoms with Crippen molar-refractivity contribution in [2.24, 2.45) is 0 Å². The van der Waals surface area contributed by atoms with Crippen molar-refractivity contribution in [3.8, 4) is 17.2 Å². The van der Waals surface area contributed by atoms with Crippen molar-refractivity contribution < 1.29 is 19.4 Å². The first-order chi connectivity index (χ1) is 15.3. The van der Waals surface area contributed by atoms with E-state index in [4.69, 9.17) is 21.1 Å². The molecule has 4 rings (SSSR count). The fourth-order valence-corrected chi connectivity index (χ4v) is 4.33. The number of aromatic nitrogens is 2. The number of aromatic amines is 1. The number of H-pyrrole nitrogens is 1. The Kier molecular flexibility index (Phi) is 5.77. The first kappa shape index (κ1) is 21.7. The SMILES string of the molecule is COc1ccc(C(C)Oc2ccc(Cl)c(-n3c(=O)[nH]c4csc(C(=O)O)c4c3=O)c2)cc1. The van der Waals surface area contributed by atoms with Crippen LogP contribution < -0.4 is 20.7 Å². The summed E-state index contributed by atoms with van der Waals surface area (Å²) in [6.45, 7) is 1.85. The molecule has 0 radical (unpaired) electrons. The number of benzene rings is 2. The quantitative estimate of drug-likeness (QED) is 0.434. The standard InChI is InChI=1S/C22H17ClN2O6S/c1-11(12-3-5-13(30-2)6-4-12)31-14-7-8-15(23)17(9-14)25-20(26)18-16(24-22(25)29)10-32-19(18)21(27)28/h3-11H,1-2H3,(H,24,29)(H,27,28). The molecule has 0 saturated heterocycles. The van der Waals surface area contributed by atoms with Crippen molar-refractivity contribution >= 4 is 39.8 Å². The molecule has 2 heterocycles. The molecule has 32 heavy (non-hydrogen) atoms. The van der Waals surface area contributed by atoms with Crippen LogP contribution in [0.25, 0.3) is 16.6 Å². The van der Waals surface area contributed by atoms with Crippen LogP contribution in [0, 0.1) is 0 Å². The number of hydrogen-bond acceptors (Lipinski definition) is 6. The Labute approximate surface area is 190 Å². The second kappa shape index (κ2) is 8.52. The number of thiophene rings is 1. The predicted molar refractivity (Wildman–Crippen MR) is 122 cm³/mol. The Morgan fingerprint density at radius 1 is 1.16 bits per heavy atom. The molecule has 164 valence electrons. The van der Waals surface area contributed by atoms with E-state index < -0.39 is 17.2 Å². The van der Waals surface area contributed by atoms with Crippen LogP contribution >= 0.6 is 22.9 Å². The summed E-state index contributed by atoms with van der Waals surface area (Å²) in [6.07, 6.45) is -0.345. The van der Waals surface area contributed by atoms with Gasteiger partial charge in [0.15, 0.2) is 0 Å². The molecule has 2 aromatic heterocycles. The van der Waals surface area contributed by atoms with Crippen LogP contribution in [0.4, 0.5) is 0 Å². The molecule has 0 fully saturated rings. The maximum Gasteiger partial charge on any atom is 0.346 e. The number of hydrogen-bond donors (Lipinski definition) is 2. The Morgan fingerprint density at radius 3 is 2.50 bits per heavy atom. The van der Waals surface area contributed by atoms with Crippen molar-refractivity contribution in [3.63, 3.8) is 0 Å². The molecular weight excluding hydrogens is 456 g/mol. The van der Waals surface area contributed by atoms with Gasteiger partial charge in [0.05, 0.1) is 28.7 Å². The van der Waals surface area contributed by atoms with Crippen molar-refractivity contribution in [2.75, 3.05) is 7.11 Å². The zero-order chi connectivity index (χ0) is 23.0. The molecule has 4 aromatic rings. The van der Waals surface area contributed by atoms with Crippen LogP contribution in [0.2, 0.25) is 5.02 Å².